The fraction of sp³-hybridized carbons (Fsp3) is 0.455. The van der Waals surface area contributed by atoms with Crippen LogP contribution in [0.25, 0.3) is 0 Å². The smallest absolute Gasteiger partial charge is 0.140 e. The topological polar surface area (TPSA) is 18.5 Å². The highest BCUT2D eigenvalue weighted by Crippen LogP contribution is 2.39. The second-order valence-corrected chi connectivity index (χ2v) is 6.65. The Balaban J connectivity index is 2.12. The van der Waals surface area contributed by atoms with Crippen LogP contribution in [0.2, 0.25) is 10.0 Å². The zero-order chi connectivity index (χ0) is 12.6. The summed E-state index contributed by atoms with van der Waals surface area (Å²) >= 11 is 18.9. The summed E-state index contributed by atoms with van der Waals surface area (Å²) in [5, 5.41) is 1.11. The lowest BCUT2D eigenvalue weighted by atomic mass is 9.91. The Hall–Kier alpha value is 0.520. The van der Waals surface area contributed by atoms with Gasteiger partial charge >= 0.3 is 0 Å². The Bertz CT molecular complexity index is 428. The molecule has 1 aliphatic rings. The van der Waals surface area contributed by atoms with Crippen molar-refractivity contribution in [2.45, 2.75) is 23.5 Å². The molecule has 17 heavy (non-hydrogen) atoms. The quantitative estimate of drug-likeness (QED) is 0.537. The second-order valence-electron chi connectivity index (χ2n) is 3.81. The molecule has 3 unspecified atom stereocenters. The minimum atomic E-state index is 0.0131. The van der Waals surface area contributed by atoms with Crippen molar-refractivity contribution in [3.63, 3.8) is 0 Å². The molecular weight excluding hydrogens is 395 g/mol. The van der Waals surface area contributed by atoms with Crippen molar-refractivity contribution in [1.82, 2.24) is 0 Å². The van der Waals surface area contributed by atoms with Crippen molar-refractivity contribution in [1.29, 1.82) is 0 Å². The number of hydrogen-bond acceptors (Lipinski definition) is 2. The van der Waals surface area contributed by atoms with Crippen LogP contribution in [0, 0.1) is 0 Å². The van der Waals surface area contributed by atoms with E-state index < -0.39 is 0 Å². The molecule has 1 aliphatic carbocycles. The van der Waals surface area contributed by atoms with E-state index in [9.17, 15) is 0 Å². The first-order chi connectivity index (χ1) is 8.02. The minimum Gasteiger partial charge on any atom is -0.486 e. The van der Waals surface area contributed by atoms with Crippen molar-refractivity contribution in [2.24, 2.45) is 0 Å². The van der Waals surface area contributed by atoms with E-state index in [2.05, 4.69) is 31.9 Å². The molecule has 94 valence electrons. The number of alkyl halides is 1. The molecule has 0 aliphatic heterocycles. The molecule has 0 N–H and O–H groups in total. The summed E-state index contributed by atoms with van der Waals surface area (Å²) in [5.74, 6) is 0.589. The fourth-order valence-corrected chi connectivity index (χ4v) is 3.46. The van der Waals surface area contributed by atoms with Gasteiger partial charge in [-0.05, 0) is 22.0 Å². The van der Waals surface area contributed by atoms with Crippen LogP contribution in [0.1, 0.15) is 6.42 Å². The van der Waals surface area contributed by atoms with Crippen LogP contribution in [0.3, 0.4) is 0 Å². The predicted octanol–water partition coefficient (Wildman–Crippen LogP) is 4.69. The maximum Gasteiger partial charge on any atom is 0.140 e. The summed E-state index contributed by atoms with van der Waals surface area (Å²) < 4.78 is 11.9. The van der Waals surface area contributed by atoms with Crippen LogP contribution in [0.4, 0.5) is 0 Å². The maximum absolute atomic E-state index is 6.09. The molecular formula is C11H10Br2Cl2O2. The molecule has 3 atom stereocenters. The molecule has 0 aromatic heterocycles. The van der Waals surface area contributed by atoms with Crippen LogP contribution in [0.15, 0.2) is 16.6 Å². The molecule has 0 spiro atoms. The van der Waals surface area contributed by atoms with E-state index in [0.29, 0.717) is 20.6 Å². The average Bonchev–Trinajstić information content (AvgIpc) is 2.25. The number of rotatable bonds is 3. The van der Waals surface area contributed by atoms with Crippen LogP contribution < -0.4 is 4.74 Å². The normalized spacial score (nSPS) is 27.7. The minimum absolute atomic E-state index is 0.0131. The van der Waals surface area contributed by atoms with Crippen molar-refractivity contribution < 1.29 is 9.47 Å². The molecule has 2 rings (SSSR count). The summed E-state index contributed by atoms with van der Waals surface area (Å²) in [5.41, 5.74) is 0. The molecule has 1 aromatic rings. The molecule has 1 aromatic carbocycles. The zero-order valence-corrected chi connectivity index (χ0v) is 13.6. The SMILES string of the molecule is COC1C(Br)CC1Oc1cc(Cl)c(Br)cc1Cl. The van der Waals surface area contributed by atoms with E-state index in [-0.39, 0.29) is 12.2 Å². The van der Waals surface area contributed by atoms with Gasteiger partial charge in [-0.25, -0.2) is 0 Å². The Morgan fingerprint density at radius 2 is 2.00 bits per heavy atom. The highest BCUT2D eigenvalue weighted by molar-refractivity contribution is 9.10. The Morgan fingerprint density at radius 1 is 1.29 bits per heavy atom. The van der Waals surface area contributed by atoms with Gasteiger partial charge in [-0.2, -0.15) is 0 Å². The van der Waals surface area contributed by atoms with E-state index in [0.717, 1.165) is 10.9 Å². The summed E-state index contributed by atoms with van der Waals surface area (Å²) in [6.45, 7) is 0. The average molecular weight is 405 g/mol. The first-order valence-electron chi connectivity index (χ1n) is 5.01. The van der Waals surface area contributed by atoms with E-state index in [1.807, 2.05) is 0 Å². The summed E-state index contributed by atoms with van der Waals surface area (Å²) in [4.78, 5) is 0.335. The molecule has 0 bridgehead atoms. The maximum atomic E-state index is 6.09. The van der Waals surface area contributed by atoms with E-state index in [1.54, 1.807) is 19.2 Å². The van der Waals surface area contributed by atoms with Gasteiger partial charge in [0, 0.05) is 28.9 Å². The lowest BCUT2D eigenvalue weighted by Crippen LogP contribution is -2.51. The Kier molecular flexibility index (Phi) is 4.64. The molecule has 0 heterocycles. The van der Waals surface area contributed by atoms with Crippen LogP contribution in [-0.4, -0.2) is 24.1 Å². The first-order valence-corrected chi connectivity index (χ1v) is 7.47. The summed E-state index contributed by atoms with van der Waals surface area (Å²) in [6, 6.07) is 3.44. The number of methoxy groups -OCH3 is 1. The number of halogens is 4. The van der Waals surface area contributed by atoms with Gasteiger partial charge in [0.25, 0.3) is 0 Å². The number of benzene rings is 1. The van der Waals surface area contributed by atoms with Crippen LogP contribution in [-0.2, 0) is 4.74 Å². The Morgan fingerprint density at radius 3 is 2.59 bits per heavy atom. The van der Waals surface area contributed by atoms with E-state index in [1.165, 1.54) is 0 Å². The molecule has 6 heteroatoms. The van der Waals surface area contributed by atoms with E-state index in [4.69, 9.17) is 32.7 Å². The van der Waals surface area contributed by atoms with E-state index >= 15 is 0 Å². The van der Waals surface area contributed by atoms with Crippen molar-refractivity contribution in [2.75, 3.05) is 7.11 Å². The Labute approximate surface area is 127 Å². The highest BCUT2D eigenvalue weighted by Gasteiger charge is 2.42. The summed E-state index contributed by atoms with van der Waals surface area (Å²) in [7, 11) is 1.67. The monoisotopic (exact) mass is 402 g/mol. The standard InChI is InChI=1S/C11H10Br2Cl2O2/c1-16-11-6(13)3-10(11)17-9-4-7(14)5(12)2-8(9)15/h2,4,6,10-11H,3H2,1H3. The van der Waals surface area contributed by atoms with Gasteiger partial charge in [0.1, 0.15) is 18.0 Å². The van der Waals surface area contributed by atoms with Crippen LogP contribution in [0.5, 0.6) is 5.75 Å². The van der Waals surface area contributed by atoms with Gasteiger partial charge in [0.05, 0.1) is 10.0 Å². The third-order valence-corrected chi connectivity index (χ3v) is 5.09. The van der Waals surface area contributed by atoms with Gasteiger partial charge in [0.2, 0.25) is 0 Å². The third-order valence-electron chi connectivity index (χ3n) is 2.71. The van der Waals surface area contributed by atoms with Gasteiger partial charge in [0.15, 0.2) is 0 Å². The second kappa shape index (κ2) is 5.66. The van der Waals surface area contributed by atoms with Gasteiger partial charge < -0.3 is 9.47 Å². The van der Waals surface area contributed by atoms with Crippen molar-refractivity contribution >= 4 is 55.1 Å². The van der Waals surface area contributed by atoms with Crippen molar-refractivity contribution in [3.8, 4) is 5.75 Å². The third kappa shape index (κ3) is 2.92. The van der Waals surface area contributed by atoms with Gasteiger partial charge in [-0.3, -0.25) is 0 Å². The molecule has 1 saturated carbocycles. The molecule has 0 saturated heterocycles. The molecule has 1 fully saturated rings. The number of ether oxygens (including phenoxy) is 2. The summed E-state index contributed by atoms with van der Waals surface area (Å²) in [6.07, 6.45) is 0.954. The highest BCUT2D eigenvalue weighted by atomic mass is 79.9. The molecule has 0 amide bonds. The predicted molar refractivity (Wildman–Crippen MR) is 76.7 cm³/mol. The van der Waals surface area contributed by atoms with Crippen molar-refractivity contribution in [3.05, 3.63) is 26.7 Å². The van der Waals surface area contributed by atoms with Crippen LogP contribution >= 0.6 is 55.1 Å². The van der Waals surface area contributed by atoms with Gasteiger partial charge in [-0.1, -0.05) is 39.1 Å². The number of hydrogen-bond donors (Lipinski definition) is 0. The first kappa shape index (κ1) is 13.9. The molecule has 0 radical (unpaired) electrons. The lowest BCUT2D eigenvalue weighted by Gasteiger charge is -2.40. The largest absolute Gasteiger partial charge is 0.486 e. The fourth-order valence-electron chi connectivity index (χ4n) is 1.70. The molecule has 2 nitrogen and oxygen atoms in total. The lowest BCUT2D eigenvalue weighted by molar-refractivity contribution is -0.0544. The zero-order valence-electron chi connectivity index (χ0n) is 8.92. The van der Waals surface area contributed by atoms with Gasteiger partial charge in [-0.15, -0.1) is 0 Å².